The molecule has 154 valence electrons. The topological polar surface area (TPSA) is 87.3 Å². The van der Waals surface area contributed by atoms with Gasteiger partial charge in [0.25, 0.3) is 11.8 Å². The van der Waals surface area contributed by atoms with Gasteiger partial charge >= 0.3 is 0 Å². The van der Waals surface area contributed by atoms with Gasteiger partial charge in [-0.3, -0.25) is 14.4 Å². The van der Waals surface area contributed by atoms with Gasteiger partial charge in [0.05, 0.1) is 31.8 Å². The van der Waals surface area contributed by atoms with Crippen LogP contribution in [0.2, 0.25) is 5.02 Å². The average molecular weight is 442 g/mol. The van der Waals surface area contributed by atoms with Crippen LogP contribution < -0.4 is 16.0 Å². The number of halogens is 1. The first-order valence-corrected chi connectivity index (χ1v) is 10.3. The molecule has 0 aliphatic heterocycles. The van der Waals surface area contributed by atoms with E-state index in [4.69, 9.17) is 11.6 Å². The number of aryl methyl sites for hydroxylation is 2. The van der Waals surface area contributed by atoms with E-state index in [1.54, 1.807) is 49.4 Å². The van der Waals surface area contributed by atoms with Crippen LogP contribution in [-0.2, 0) is 4.79 Å². The van der Waals surface area contributed by atoms with Gasteiger partial charge in [0, 0.05) is 6.92 Å². The van der Waals surface area contributed by atoms with Gasteiger partial charge in [0.1, 0.15) is 0 Å². The van der Waals surface area contributed by atoms with Gasteiger partial charge in [-0.05, 0) is 55.3 Å². The van der Waals surface area contributed by atoms with E-state index >= 15 is 0 Å². The van der Waals surface area contributed by atoms with Gasteiger partial charge in [-0.25, -0.2) is 0 Å². The normalized spacial score (nSPS) is 10.4. The molecule has 3 amide bonds. The number of hydrogen-bond acceptors (Lipinski definition) is 4. The highest BCUT2D eigenvalue weighted by Crippen LogP contribution is 2.30. The van der Waals surface area contributed by atoms with E-state index in [2.05, 4.69) is 16.0 Å². The summed E-state index contributed by atoms with van der Waals surface area (Å²) >= 11 is 7.24. The second-order valence-corrected chi connectivity index (χ2v) is 8.20. The Kier molecular flexibility index (Phi) is 6.54. The van der Waals surface area contributed by atoms with Crippen LogP contribution in [0.15, 0.2) is 48.5 Å². The molecule has 0 aliphatic carbocycles. The van der Waals surface area contributed by atoms with E-state index in [0.29, 0.717) is 31.8 Å². The molecule has 0 saturated carbocycles. The summed E-state index contributed by atoms with van der Waals surface area (Å²) in [6.45, 7) is 5.09. The number of amides is 3. The van der Waals surface area contributed by atoms with Crippen molar-refractivity contribution in [1.29, 1.82) is 0 Å². The van der Waals surface area contributed by atoms with Crippen molar-refractivity contribution in [2.24, 2.45) is 0 Å². The monoisotopic (exact) mass is 441 g/mol. The first-order valence-electron chi connectivity index (χ1n) is 9.10. The lowest BCUT2D eigenvalue weighted by atomic mass is 10.1. The molecule has 0 atom stereocenters. The zero-order chi connectivity index (χ0) is 21.8. The van der Waals surface area contributed by atoms with Crippen LogP contribution in [0, 0.1) is 13.8 Å². The van der Waals surface area contributed by atoms with Crippen LogP contribution in [0.25, 0.3) is 0 Å². The Morgan fingerprint density at radius 1 is 0.867 bits per heavy atom. The third-order valence-electron chi connectivity index (χ3n) is 4.21. The van der Waals surface area contributed by atoms with Crippen LogP contribution >= 0.6 is 22.9 Å². The summed E-state index contributed by atoms with van der Waals surface area (Å²) in [4.78, 5) is 37.2. The fourth-order valence-corrected chi connectivity index (χ4v) is 4.02. The zero-order valence-corrected chi connectivity index (χ0v) is 18.2. The maximum Gasteiger partial charge on any atom is 0.266 e. The average Bonchev–Trinajstić information content (AvgIpc) is 3.04. The summed E-state index contributed by atoms with van der Waals surface area (Å²) < 4.78 is 0. The maximum absolute atomic E-state index is 12.9. The Balaban J connectivity index is 1.79. The highest BCUT2D eigenvalue weighted by molar-refractivity contribution is 7.18. The van der Waals surface area contributed by atoms with Crippen molar-refractivity contribution in [2.75, 3.05) is 16.0 Å². The third kappa shape index (κ3) is 5.06. The fourth-order valence-electron chi connectivity index (χ4n) is 2.83. The SMILES string of the molecule is CC(=O)Nc1ccc(C)cc1NC(=O)c1sc(NC(=O)c2ccccc2Cl)cc1C. The molecular weight excluding hydrogens is 422 g/mol. The molecule has 3 aromatic rings. The molecular formula is C22H20ClN3O3S. The molecule has 6 nitrogen and oxygen atoms in total. The third-order valence-corrected chi connectivity index (χ3v) is 5.69. The number of hydrogen-bond donors (Lipinski definition) is 3. The van der Waals surface area contributed by atoms with Gasteiger partial charge in [0.15, 0.2) is 0 Å². The molecule has 1 heterocycles. The van der Waals surface area contributed by atoms with E-state index in [0.717, 1.165) is 11.1 Å². The van der Waals surface area contributed by atoms with E-state index < -0.39 is 0 Å². The standard InChI is InChI=1S/C22H20ClN3O3S/c1-12-8-9-17(24-14(3)27)18(10-12)25-22(29)20-13(2)11-19(30-20)26-21(28)15-6-4-5-7-16(15)23/h4-11H,1-3H3,(H,24,27)(H,25,29)(H,26,28). The number of benzene rings is 2. The summed E-state index contributed by atoms with van der Waals surface area (Å²) in [6.07, 6.45) is 0. The molecule has 0 aliphatic rings. The molecule has 2 aromatic carbocycles. The van der Waals surface area contributed by atoms with E-state index in [9.17, 15) is 14.4 Å². The number of rotatable bonds is 5. The Labute approximate surface area is 183 Å². The van der Waals surface area contributed by atoms with Crippen molar-refractivity contribution in [2.45, 2.75) is 20.8 Å². The second-order valence-electron chi connectivity index (χ2n) is 6.74. The molecule has 0 radical (unpaired) electrons. The van der Waals surface area contributed by atoms with Crippen LogP contribution in [0.1, 0.15) is 38.1 Å². The Morgan fingerprint density at radius 2 is 1.60 bits per heavy atom. The molecule has 30 heavy (non-hydrogen) atoms. The summed E-state index contributed by atoms with van der Waals surface area (Å²) in [7, 11) is 0. The predicted molar refractivity (Wildman–Crippen MR) is 122 cm³/mol. The van der Waals surface area contributed by atoms with Gasteiger partial charge in [-0.15, -0.1) is 11.3 Å². The van der Waals surface area contributed by atoms with Crippen molar-refractivity contribution in [3.63, 3.8) is 0 Å². The van der Waals surface area contributed by atoms with Crippen LogP contribution in [0.5, 0.6) is 0 Å². The first-order chi connectivity index (χ1) is 14.2. The molecule has 0 bridgehead atoms. The summed E-state index contributed by atoms with van der Waals surface area (Å²) in [5.41, 5.74) is 3.04. The van der Waals surface area contributed by atoms with E-state index in [-0.39, 0.29) is 17.7 Å². The Hall–Kier alpha value is -3.16. The smallest absolute Gasteiger partial charge is 0.266 e. The summed E-state index contributed by atoms with van der Waals surface area (Å²) in [5, 5.41) is 9.22. The van der Waals surface area contributed by atoms with Crippen molar-refractivity contribution < 1.29 is 14.4 Å². The molecule has 0 fully saturated rings. The predicted octanol–water partition coefficient (Wildman–Crippen LogP) is 5.48. The number of anilines is 3. The Bertz CT molecular complexity index is 1140. The minimum atomic E-state index is -0.347. The molecule has 1 aromatic heterocycles. The summed E-state index contributed by atoms with van der Waals surface area (Å²) in [5.74, 6) is -0.903. The highest BCUT2D eigenvalue weighted by Gasteiger charge is 2.18. The van der Waals surface area contributed by atoms with Gasteiger partial charge < -0.3 is 16.0 Å². The largest absolute Gasteiger partial charge is 0.325 e. The number of nitrogens with one attached hydrogen (secondary N) is 3. The van der Waals surface area contributed by atoms with Gasteiger partial charge in [-0.1, -0.05) is 29.8 Å². The van der Waals surface area contributed by atoms with Gasteiger partial charge in [0.2, 0.25) is 5.91 Å². The minimum Gasteiger partial charge on any atom is -0.325 e. The molecule has 0 spiro atoms. The quantitative estimate of drug-likeness (QED) is 0.489. The molecule has 8 heteroatoms. The summed E-state index contributed by atoms with van der Waals surface area (Å²) in [6, 6.07) is 13.9. The zero-order valence-electron chi connectivity index (χ0n) is 16.6. The van der Waals surface area contributed by atoms with Crippen LogP contribution in [0.3, 0.4) is 0 Å². The molecule has 0 saturated heterocycles. The van der Waals surface area contributed by atoms with Gasteiger partial charge in [-0.2, -0.15) is 0 Å². The number of thiophene rings is 1. The van der Waals surface area contributed by atoms with Crippen LogP contribution in [0.4, 0.5) is 16.4 Å². The minimum absolute atomic E-state index is 0.230. The van der Waals surface area contributed by atoms with Crippen LogP contribution in [-0.4, -0.2) is 17.7 Å². The maximum atomic E-state index is 12.9. The van der Waals surface area contributed by atoms with Crippen molar-refractivity contribution in [3.05, 3.63) is 75.1 Å². The fraction of sp³-hybridized carbons (Fsp3) is 0.136. The van der Waals surface area contributed by atoms with Crippen molar-refractivity contribution in [3.8, 4) is 0 Å². The number of carbonyl (C=O) groups is 3. The lowest BCUT2D eigenvalue weighted by Crippen LogP contribution is -2.15. The van der Waals surface area contributed by atoms with Crippen molar-refractivity contribution >= 4 is 57.0 Å². The molecule has 3 N–H and O–H groups in total. The lowest BCUT2D eigenvalue weighted by Gasteiger charge is -2.12. The first kappa shape index (κ1) is 21.5. The lowest BCUT2D eigenvalue weighted by molar-refractivity contribution is -0.114. The Morgan fingerprint density at radius 3 is 2.30 bits per heavy atom. The highest BCUT2D eigenvalue weighted by atomic mass is 35.5. The van der Waals surface area contributed by atoms with E-state index in [1.807, 2.05) is 13.0 Å². The second kappa shape index (κ2) is 9.11. The number of carbonyl (C=O) groups excluding carboxylic acids is 3. The molecule has 0 unspecified atom stereocenters. The van der Waals surface area contributed by atoms with E-state index in [1.165, 1.54) is 18.3 Å². The molecule has 3 rings (SSSR count). The van der Waals surface area contributed by atoms with Crippen molar-refractivity contribution in [1.82, 2.24) is 0 Å².